The van der Waals surface area contributed by atoms with Crippen LogP contribution in [0.3, 0.4) is 0 Å². The van der Waals surface area contributed by atoms with Gasteiger partial charge in [-0.2, -0.15) is 0 Å². The number of hydrogen-bond acceptors (Lipinski definition) is 4. The highest BCUT2D eigenvalue weighted by Gasteiger charge is 2.46. The van der Waals surface area contributed by atoms with Crippen LogP contribution < -0.4 is 10.6 Å². The zero-order valence-electron chi connectivity index (χ0n) is 13.3. The molecule has 22 heavy (non-hydrogen) atoms. The predicted octanol–water partition coefficient (Wildman–Crippen LogP) is 1.49. The van der Waals surface area contributed by atoms with Crippen molar-refractivity contribution in [3.63, 3.8) is 0 Å². The van der Waals surface area contributed by atoms with Crippen LogP contribution in [0.1, 0.15) is 19.4 Å². The van der Waals surface area contributed by atoms with Crippen LogP contribution in [0.2, 0.25) is 0 Å². The molecule has 0 aromatic heterocycles. The van der Waals surface area contributed by atoms with Crippen LogP contribution in [0, 0.1) is 0 Å². The average molecular weight is 308 g/mol. The van der Waals surface area contributed by atoms with E-state index >= 15 is 0 Å². The number of hydrogen-bond donors (Lipinski definition) is 2. The van der Waals surface area contributed by atoms with Crippen LogP contribution in [0.15, 0.2) is 30.3 Å². The first-order valence-corrected chi connectivity index (χ1v) is 7.39. The summed E-state index contributed by atoms with van der Waals surface area (Å²) in [5.41, 5.74) is -0.131. The molecule has 0 bridgehead atoms. The number of amides is 2. The van der Waals surface area contributed by atoms with Gasteiger partial charge in [0.2, 0.25) is 0 Å². The second-order valence-corrected chi connectivity index (χ2v) is 4.66. The van der Waals surface area contributed by atoms with Crippen molar-refractivity contribution >= 4 is 12.3 Å². The van der Waals surface area contributed by atoms with Crippen molar-refractivity contribution in [1.29, 1.82) is 0 Å². The first-order chi connectivity index (χ1) is 10.7. The summed E-state index contributed by atoms with van der Waals surface area (Å²) in [5, 5.41) is 5.04. The molecule has 1 saturated heterocycles. The van der Waals surface area contributed by atoms with E-state index in [0.29, 0.717) is 12.9 Å². The third kappa shape index (κ3) is 4.54. The van der Waals surface area contributed by atoms with Crippen LogP contribution in [0.4, 0.5) is 4.79 Å². The van der Waals surface area contributed by atoms with E-state index in [0.717, 1.165) is 5.56 Å². The minimum absolute atomic E-state index is 0.114. The number of ether oxygens (including phenoxy) is 2. The number of carbonyl (C=O) groups excluding carboxylic acids is 2. The van der Waals surface area contributed by atoms with Crippen molar-refractivity contribution in [1.82, 2.24) is 10.6 Å². The maximum atomic E-state index is 11.5. The molecule has 2 atom stereocenters. The first-order valence-electron chi connectivity index (χ1n) is 7.39. The molecule has 6 nitrogen and oxygen atoms in total. The van der Waals surface area contributed by atoms with Gasteiger partial charge in [0, 0.05) is 7.05 Å². The summed E-state index contributed by atoms with van der Waals surface area (Å²) >= 11 is 0. The molecule has 2 rings (SSSR count). The fourth-order valence-electron chi connectivity index (χ4n) is 2.07. The van der Waals surface area contributed by atoms with Crippen LogP contribution in [-0.4, -0.2) is 44.2 Å². The molecule has 0 spiro atoms. The number of rotatable bonds is 5. The Bertz CT molecular complexity index is 466. The second-order valence-electron chi connectivity index (χ2n) is 4.66. The Morgan fingerprint density at radius 2 is 2.09 bits per heavy atom. The molecule has 1 aliphatic heterocycles. The van der Waals surface area contributed by atoms with Gasteiger partial charge in [0.1, 0.15) is 11.6 Å². The summed E-state index contributed by atoms with van der Waals surface area (Å²) in [6.45, 7) is 4.75. The molecule has 1 aromatic rings. The van der Waals surface area contributed by atoms with E-state index in [9.17, 15) is 9.59 Å². The largest absolute Gasteiger partial charge is 0.376 e. The third-order valence-corrected chi connectivity index (χ3v) is 3.26. The van der Waals surface area contributed by atoms with Gasteiger partial charge in [0.05, 0.1) is 19.8 Å². The van der Waals surface area contributed by atoms with E-state index in [1.165, 1.54) is 7.05 Å². The molecule has 6 heteroatoms. The van der Waals surface area contributed by atoms with Crippen LogP contribution in [-0.2, 0) is 20.9 Å². The van der Waals surface area contributed by atoms with Gasteiger partial charge in [-0.15, -0.1) is 0 Å². The molecule has 2 N–H and O–H groups in total. The van der Waals surface area contributed by atoms with Gasteiger partial charge >= 0.3 is 6.03 Å². The summed E-state index contributed by atoms with van der Waals surface area (Å²) in [4.78, 5) is 22.9. The minimum atomic E-state index is -1.13. The molecule has 2 amide bonds. The summed E-state index contributed by atoms with van der Waals surface area (Å²) in [6.07, 6.45) is 0.183. The fourth-order valence-corrected chi connectivity index (χ4v) is 2.07. The Morgan fingerprint density at radius 1 is 1.41 bits per heavy atom. The van der Waals surface area contributed by atoms with Crippen LogP contribution in [0.25, 0.3) is 0 Å². The van der Waals surface area contributed by atoms with Crippen molar-refractivity contribution in [2.75, 3.05) is 20.3 Å². The van der Waals surface area contributed by atoms with Crippen molar-refractivity contribution in [2.24, 2.45) is 0 Å². The van der Waals surface area contributed by atoms with E-state index in [1.807, 2.05) is 44.2 Å². The molecular formula is C16H24N2O4. The summed E-state index contributed by atoms with van der Waals surface area (Å²) in [5.74, 6) is 0. The Labute approximate surface area is 131 Å². The molecule has 1 aromatic carbocycles. The topological polar surface area (TPSA) is 76.7 Å². The Hall–Kier alpha value is -1.92. The Morgan fingerprint density at radius 3 is 2.68 bits per heavy atom. The van der Waals surface area contributed by atoms with Gasteiger partial charge in [-0.1, -0.05) is 44.2 Å². The molecular weight excluding hydrogens is 284 g/mol. The SMILES string of the molecule is CC.CNC(=O)NC1(C=O)COCC1OCc1ccccc1. The summed E-state index contributed by atoms with van der Waals surface area (Å²) in [7, 11) is 1.49. The monoisotopic (exact) mass is 308 g/mol. The normalized spacial score (nSPS) is 23.1. The summed E-state index contributed by atoms with van der Waals surface area (Å²) in [6, 6.07) is 9.19. The average Bonchev–Trinajstić information content (AvgIpc) is 2.98. The van der Waals surface area contributed by atoms with Crippen molar-refractivity contribution in [2.45, 2.75) is 32.1 Å². The van der Waals surface area contributed by atoms with Gasteiger partial charge in [0.25, 0.3) is 0 Å². The number of aldehydes is 1. The van der Waals surface area contributed by atoms with Gasteiger partial charge < -0.3 is 24.9 Å². The lowest BCUT2D eigenvalue weighted by molar-refractivity contribution is -0.117. The van der Waals surface area contributed by atoms with E-state index in [-0.39, 0.29) is 13.2 Å². The van der Waals surface area contributed by atoms with Gasteiger partial charge in [-0.25, -0.2) is 4.79 Å². The molecule has 1 fully saturated rings. The second kappa shape index (κ2) is 9.17. The number of nitrogens with one attached hydrogen (secondary N) is 2. The maximum Gasteiger partial charge on any atom is 0.315 e. The molecule has 1 heterocycles. The molecule has 1 aliphatic rings. The Kier molecular flexibility index (Phi) is 7.56. The zero-order chi connectivity index (χ0) is 16.4. The molecule has 0 saturated carbocycles. The number of benzene rings is 1. The van der Waals surface area contributed by atoms with Gasteiger partial charge in [-0.05, 0) is 5.56 Å². The maximum absolute atomic E-state index is 11.5. The lowest BCUT2D eigenvalue weighted by Crippen LogP contribution is -2.60. The predicted molar refractivity (Wildman–Crippen MR) is 83.6 cm³/mol. The van der Waals surface area contributed by atoms with E-state index in [4.69, 9.17) is 9.47 Å². The first kappa shape index (κ1) is 18.1. The highest BCUT2D eigenvalue weighted by atomic mass is 16.5. The number of urea groups is 1. The molecule has 0 radical (unpaired) electrons. The lowest BCUT2D eigenvalue weighted by atomic mass is 9.98. The summed E-state index contributed by atoms with van der Waals surface area (Å²) < 4.78 is 11.0. The van der Waals surface area contributed by atoms with E-state index < -0.39 is 17.7 Å². The number of carbonyl (C=O) groups is 2. The van der Waals surface area contributed by atoms with Gasteiger partial charge in [-0.3, -0.25) is 0 Å². The van der Waals surface area contributed by atoms with Crippen LogP contribution in [0.5, 0.6) is 0 Å². The highest BCUT2D eigenvalue weighted by Crippen LogP contribution is 2.21. The smallest absolute Gasteiger partial charge is 0.315 e. The van der Waals surface area contributed by atoms with Crippen molar-refractivity contribution < 1.29 is 19.1 Å². The molecule has 2 unspecified atom stereocenters. The Balaban J connectivity index is 0.00000116. The third-order valence-electron chi connectivity index (χ3n) is 3.26. The van der Waals surface area contributed by atoms with Crippen molar-refractivity contribution in [3.8, 4) is 0 Å². The highest BCUT2D eigenvalue weighted by molar-refractivity contribution is 5.81. The van der Waals surface area contributed by atoms with Crippen molar-refractivity contribution in [3.05, 3.63) is 35.9 Å². The quantitative estimate of drug-likeness (QED) is 0.808. The van der Waals surface area contributed by atoms with Gasteiger partial charge in [0.15, 0.2) is 6.29 Å². The van der Waals surface area contributed by atoms with Crippen LogP contribution >= 0.6 is 0 Å². The zero-order valence-corrected chi connectivity index (χ0v) is 13.3. The fraction of sp³-hybridized carbons (Fsp3) is 0.500. The lowest BCUT2D eigenvalue weighted by Gasteiger charge is -2.28. The minimum Gasteiger partial charge on any atom is -0.376 e. The molecule has 122 valence electrons. The molecule has 0 aliphatic carbocycles. The standard InChI is InChI=1S/C14H18N2O4.C2H6/c1-15-13(18)16-14(9-17)10-19-8-12(14)20-7-11-5-3-2-4-6-11;1-2/h2-6,9,12H,7-8,10H2,1H3,(H2,15,16,18);1-2H3. The van der Waals surface area contributed by atoms with E-state index in [2.05, 4.69) is 10.6 Å². The van der Waals surface area contributed by atoms with E-state index in [1.54, 1.807) is 0 Å².